The Morgan fingerprint density at radius 1 is 1.33 bits per heavy atom. The Kier molecular flexibility index (Phi) is 8.76. The van der Waals surface area contributed by atoms with E-state index in [4.69, 9.17) is 37.5 Å². The molecule has 1 aliphatic heterocycles. The second-order valence-corrected chi connectivity index (χ2v) is 6.75. The molecule has 0 saturated carbocycles. The third-order valence-corrected chi connectivity index (χ3v) is 4.84. The number of likely N-dealkylation sites (tertiary alicyclic amines) is 1. The van der Waals surface area contributed by atoms with Gasteiger partial charge in [-0.3, -0.25) is 9.74 Å². The van der Waals surface area contributed by atoms with Crippen molar-refractivity contribution in [1.82, 2.24) is 15.3 Å². The number of hydrogen-bond donors (Lipinski definition) is 1. The number of benzene rings is 1. The third kappa shape index (κ3) is 5.54. The molecular weight excluding hydrogens is 393 g/mol. The number of rotatable bonds is 8. The molecule has 0 aromatic heterocycles. The molecule has 0 spiro atoms. The highest BCUT2D eigenvalue weighted by Gasteiger charge is 2.31. The van der Waals surface area contributed by atoms with Crippen LogP contribution in [0, 0.1) is 0 Å². The van der Waals surface area contributed by atoms with Gasteiger partial charge in [0.25, 0.3) is 0 Å². The van der Waals surface area contributed by atoms with E-state index in [1.165, 1.54) is 12.2 Å². The van der Waals surface area contributed by atoms with E-state index in [1.807, 2.05) is 26.1 Å². The third-order valence-electron chi connectivity index (χ3n) is 4.62. The molecule has 1 aliphatic rings. The number of ether oxygens (including phenoxy) is 2. The van der Waals surface area contributed by atoms with Crippen molar-refractivity contribution in [3.63, 3.8) is 0 Å². The molecule has 2 rings (SSSR count). The van der Waals surface area contributed by atoms with Crippen LogP contribution < -0.4 is 14.8 Å². The van der Waals surface area contributed by atoms with E-state index in [2.05, 4.69) is 10.2 Å². The van der Waals surface area contributed by atoms with Crippen LogP contribution in [0.1, 0.15) is 37.8 Å². The van der Waals surface area contributed by atoms with Crippen LogP contribution >= 0.6 is 23.2 Å². The average molecular weight is 420 g/mol. The first-order valence-electron chi connectivity index (χ1n) is 8.88. The number of carbonyl (C=O) groups excluding carboxylic acids is 1. The minimum absolute atomic E-state index is 0.0195. The Morgan fingerprint density at radius 3 is 2.70 bits per heavy atom. The second kappa shape index (κ2) is 10.8. The Labute approximate surface area is 170 Å². The lowest BCUT2D eigenvalue weighted by molar-refractivity contribution is -0.161. The molecule has 1 fully saturated rings. The summed E-state index contributed by atoms with van der Waals surface area (Å²) < 4.78 is 10.9. The number of carbonyl (C=O) groups is 1. The number of hydrogen-bond acceptors (Lipinski definition) is 5. The standard InChI is InChI=1S/C18H27Cl2N3O4/c1-13(14-7-6-8-15(26-11-19)17(14)27-12-20)21-18(24)23(25-3)16-9-4-5-10-22(16)2/h6-8,13,16H,4-5,9-12H2,1-3H3,(H,21,24)/t13?,16-/m0/s1. The minimum atomic E-state index is -0.360. The lowest BCUT2D eigenvalue weighted by Gasteiger charge is -2.39. The van der Waals surface area contributed by atoms with Gasteiger partial charge in [-0.05, 0) is 45.8 Å². The predicted octanol–water partition coefficient (Wildman–Crippen LogP) is 3.91. The summed E-state index contributed by atoms with van der Waals surface area (Å²) in [6.45, 7) is 2.79. The van der Waals surface area contributed by atoms with Crippen LogP contribution in [0.2, 0.25) is 0 Å². The van der Waals surface area contributed by atoms with Gasteiger partial charge in [0.2, 0.25) is 0 Å². The maximum Gasteiger partial charge on any atom is 0.343 e. The number of para-hydroxylation sites is 1. The number of nitrogens with one attached hydrogen (secondary N) is 1. The summed E-state index contributed by atoms with van der Waals surface area (Å²) in [5.74, 6) is 0.930. The maximum absolute atomic E-state index is 12.8. The fourth-order valence-electron chi connectivity index (χ4n) is 3.28. The number of nitrogens with zero attached hydrogens (tertiary/aromatic N) is 2. The molecule has 1 aromatic carbocycles. The van der Waals surface area contributed by atoms with Crippen LogP contribution in [0.5, 0.6) is 11.5 Å². The molecule has 1 N–H and O–H groups in total. The number of amides is 2. The van der Waals surface area contributed by atoms with Crippen molar-refractivity contribution in [3.05, 3.63) is 23.8 Å². The van der Waals surface area contributed by atoms with Gasteiger partial charge in [-0.25, -0.2) is 4.79 Å². The molecule has 1 unspecified atom stereocenters. The molecular formula is C18H27Cl2N3O4. The highest BCUT2D eigenvalue weighted by atomic mass is 35.5. The molecule has 0 radical (unpaired) electrons. The number of halogens is 2. The van der Waals surface area contributed by atoms with Crippen LogP contribution in [0.15, 0.2) is 18.2 Å². The fraction of sp³-hybridized carbons (Fsp3) is 0.611. The summed E-state index contributed by atoms with van der Waals surface area (Å²) in [4.78, 5) is 20.3. The summed E-state index contributed by atoms with van der Waals surface area (Å²) in [6, 6.07) is 4.65. The van der Waals surface area contributed by atoms with Gasteiger partial charge in [-0.1, -0.05) is 35.3 Å². The van der Waals surface area contributed by atoms with Gasteiger partial charge in [0.1, 0.15) is 6.17 Å². The number of piperidine rings is 1. The molecule has 1 heterocycles. The SMILES string of the molecule is CON(C(=O)NC(C)c1cccc(OCCl)c1OCCl)[C@H]1CCCCN1C. The van der Waals surface area contributed by atoms with Crippen LogP contribution in [0.25, 0.3) is 0 Å². The van der Waals surface area contributed by atoms with Gasteiger partial charge in [0.05, 0.1) is 13.2 Å². The van der Waals surface area contributed by atoms with Crippen molar-refractivity contribution < 1.29 is 19.1 Å². The largest absolute Gasteiger partial charge is 0.474 e. The Bertz CT molecular complexity index is 620. The maximum atomic E-state index is 12.8. The Balaban J connectivity index is 2.16. The lowest BCUT2D eigenvalue weighted by Crippen LogP contribution is -2.54. The van der Waals surface area contributed by atoms with Crippen LogP contribution in [-0.4, -0.2) is 55.0 Å². The Morgan fingerprint density at radius 2 is 2.07 bits per heavy atom. The van der Waals surface area contributed by atoms with Crippen molar-refractivity contribution in [1.29, 1.82) is 0 Å². The highest BCUT2D eigenvalue weighted by Crippen LogP contribution is 2.35. The van der Waals surface area contributed by atoms with E-state index in [1.54, 1.807) is 6.07 Å². The van der Waals surface area contributed by atoms with Gasteiger partial charge >= 0.3 is 6.03 Å². The van der Waals surface area contributed by atoms with Crippen LogP contribution in [0.4, 0.5) is 4.79 Å². The van der Waals surface area contributed by atoms with E-state index in [0.717, 1.165) is 31.4 Å². The average Bonchev–Trinajstić information content (AvgIpc) is 2.65. The van der Waals surface area contributed by atoms with Gasteiger partial charge in [0.15, 0.2) is 23.6 Å². The zero-order chi connectivity index (χ0) is 19.8. The zero-order valence-electron chi connectivity index (χ0n) is 15.9. The smallest absolute Gasteiger partial charge is 0.343 e. The van der Waals surface area contributed by atoms with Crippen molar-refractivity contribution in [2.75, 3.05) is 32.8 Å². The number of urea groups is 1. The monoisotopic (exact) mass is 419 g/mol. The summed E-state index contributed by atoms with van der Waals surface area (Å²) >= 11 is 11.4. The van der Waals surface area contributed by atoms with E-state index in [9.17, 15) is 4.79 Å². The first kappa shape index (κ1) is 21.9. The van der Waals surface area contributed by atoms with E-state index in [0.29, 0.717) is 11.5 Å². The molecule has 27 heavy (non-hydrogen) atoms. The second-order valence-electron chi connectivity index (χ2n) is 6.32. The lowest BCUT2D eigenvalue weighted by atomic mass is 10.1. The first-order valence-corrected chi connectivity index (χ1v) is 9.94. The quantitative estimate of drug-likeness (QED) is 0.510. The topological polar surface area (TPSA) is 63.3 Å². The summed E-state index contributed by atoms with van der Waals surface area (Å²) in [7, 11) is 3.50. The number of hydroxylamine groups is 2. The molecule has 7 nitrogen and oxygen atoms in total. The molecule has 1 aromatic rings. The highest BCUT2D eigenvalue weighted by molar-refractivity contribution is 6.17. The molecule has 1 saturated heterocycles. The van der Waals surface area contributed by atoms with Crippen LogP contribution in [-0.2, 0) is 4.84 Å². The van der Waals surface area contributed by atoms with E-state index >= 15 is 0 Å². The Hall–Kier alpha value is -1.41. The summed E-state index contributed by atoms with van der Waals surface area (Å²) in [5, 5.41) is 4.34. The van der Waals surface area contributed by atoms with Gasteiger partial charge in [-0.2, -0.15) is 5.06 Å². The molecule has 0 aliphatic carbocycles. The van der Waals surface area contributed by atoms with Crippen LogP contribution in [0.3, 0.4) is 0 Å². The molecule has 2 atom stereocenters. The van der Waals surface area contributed by atoms with E-state index in [-0.39, 0.29) is 30.4 Å². The van der Waals surface area contributed by atoms with E-state index < -0.39 is 0 Å². The van der Waals surface area contributed by atoms with Crippen molar-refractivity contribution in [2.45, 2.75) is 38.4 Å². The fourth-order valence-corrected chi connectivity index (χ4v) is 3.50. The minimum Gasteiger partial charge on any atom is -0.474 e. The molecule has 2 amide bonds. The first-order chi connectivity index (χ1) is 13.0. The van der Waals surface area contributed by atoms with Gasteiger partial charge in [-0.15, -0.1) is 0 Å². The normalized spacial score (nSPS) is 18.6. The molecule has 0 bridgehead atoms. The summed E-state index contributed by atoms with van der Waals surface area (Å²) in [5.41, 5.74) is 0.736. The number of alkyl halides is 2. The predicted molar refractivity (Wildman–Crippen MR) is 105 cm³/mol. The van der Waals surface area contributed by atoms with Crippen molar-refractivity contribution >= 4 is 29.2 Å². The van der Waals surface area contributed by atoms with Crippen molar-refractivity contribution in [3.8, 4) is 11.5 Å². The molecule has 152 valence electrons. The van der Waals surface area contributed by atoms with Crippen molar-refractivity contribution in [2.24, 2.45) is 0 Å². The van der Waals surface area contributed by atoms with Gasteiger partial charge < -0.3 is 14.8 Å². The molecule has 9 heteroatoms. The summed E-state index contributed by atoms with van der Waals surface area (Å²) in [6.07, 6.45) is 2.95. The van der Waals surface area contributed by atoms with Gasteiger partial charge in [0, 0.05) is 5.56 Å². The zero-order valence-corrected chi connectivity index (χ0v) is 17.4.